The topological polar surface area (TPSA) is 65.5 Å². The number of aromatic nitrogens is 1. The Morgan fingerprint density at radius 2 is 1.63 bits per heavy atom. The van der Waals surface area contributed by atoms with Gasteiger partial charge < -0.3 is 9.47 Å². The van der Waals surface area contributed by atoms with E-state index in [4.69, 9.17) is 9.47 Å². The van der Waals surface area contributed by atoms with E-state index in [0.29, 0.717) is 17.9 Å². The Hall–Kier alpha value is -3.21. The Labute approximate surface area is 157 Å². The second-order valence-corrected chi connectivity index (χ2v) is 6.11. The highest BCUT2D eigenvalue weighted by molar-refractivity contribution is 6.04. The van der Waals surface area contributed by atoms with Gasteiger partial charge in [-0.15, -0.1) is 0 Å². The van der Waals surface area contributed by atoms with Gasteiger partial charge in [0, 0.05) is 11.6 Å². The molecule has 138 valence electrons. The average molecular weight is 363 g/mol. The second kappa shape index (κ2) is 8.94. The van der Waals surface area contributed by atoms with Crippen LogP contribution in [0, 0.1) is 0 Å². The Morgan fingerprint density at radius 3 is 2.41 bits per heavy atom. The third-order valence-electron chi connectivity index (χ3n) is 4.15. The van der Waals surface area contributed by atoms with E-state index in [1.165, 1.54) is 0 Å². The molecule has 5 heteroatoms. The molecule has 0 radical (unpaired) electrons. The van der Waals surface area contributed by atoms with Gasteiger partial charge in [0.15, 0.2) is 5.75 Å². The highest BCUT2D eigenvalue weighted by Crippen LogP contribution is 2.24. The van der Waals surface area contributed by atoms with Crippen molar-refractivity contribution in [2.75, 3.05) is 6.61 Å². The van der Waals surface area contributed by atoms with Crippen molar-refractivity contribution in [2.45, 2.75) is 26.2 Å². The first-order valence-electron chi connectivity index (χ1n) is 9.02. The minimum absolute atomic E-state index is 0.172. The van der Waals surface area contributed by atoms with E-state index < -0.39 is 11.9 Å². The summed E-state index contributed by atoms with van der Waals surface area (Å²) in [7, 11) is 0. The monoisotopic (exact) mass is 363 g/mol. The lowest BCUT2D eigenvalue weighted by Crippen LogP contribution is -2.16. The maximum Gasteiger partial charge on any atom is 0.344 e. The van der Waals surface area contributed by atoms with Crippen LogP contribution in [0.3, 0.4) is 0 Å². The van der Waals surface area contributed by atoms with Gasteiger partial charge in [0.25, 0.3) is 0 Å². The van der Waals surface area contributed by atoms with Crippen molar-refractivity contribution in [1.82, 2.24) is 4.98 Å². The van der Waals surface area contributed by atoms with E-state index in [-0.39, 0.29) is 11.1 Å². The third-order valence-corrected chi connectivity index (χ3v) is 4.15. The van der Waals surface area contributed by atoms with Crippen LogP contribution in [0.25, 0.3) is 10.9 Å². The number of esters is 2. The number of rotatable bonds is 7. The minimum atomic E-state index is -0.616. The lowest BCUT2D eigenvalue weighted by molar-refractivity contribution is 0.0490. The molecule has 27 heavy (non-hydrogen) atoms. The summed E-state index contributed by atoms with van der Waals surface area (Å²) in [4.78, 5) is 29.3. The number of carbonyl (C=O) groups excluding carboxylic acids is 2. The molecule has 0 saturated carbocycles. The van der Waals surface area contributed by atoms with Crippen LogP contribution in [0.2, 0.25) is 0 Å². The second-order valence-electron chi connectivity index (χ2n) is 6.11. The van der Waals surface area contributed by atoms with Gasteiger partial charge in [-0.3, -0.25) is 4.98 Å². The summed E-state index contributed by atoms with van der Waals surface area (Å²) in [5.74, 6) is -0.784. The van der Waals surface area contributed by atoms with Crippen molar-refractivity contribution in [3.05, 3.63) is 71.9 Å². The van der Waals surface area contributed by atoms with Crippen molar-refractivity contribution < 1.29 is 19.1 Å². The molecule has 0 aliphatic rings. The van der Waals surface area contributed by atoms with E-state index in [2.05, 4.69) is 11.9 Å². The summed E-state index contributed by atoms with van der Waals surface area (Å²) in [6, 6.07) is 15.6. The number of nitrogens with zero attached hydrogens (tertiary/aromatic N) is 1. The highest BCUT2D eigenvalue weighted by Gasteiger charge is 2.20. The van der Waals surface area contributed by atoms with Gasteiger partial charge in [-0.05, 0) is 30.7 Å². The number of hydrogen-bond acceptors (Lipinski definition) is 5. The summed E-state index contributed by atoms with van der Waals surface area (Å²) in [6.07, 6.45) is 4.47. The quantitative estimate of drug-likeness (QED) is 0.343. The summed E-state index contributed by atoms with van der Waals surface area (Å²) in [5, 5.41) is 0.867. The smallest absolute Gasteiger partial charge is 0.344 e. The van der Waals surface area contributed by atoms with Crippen LogP contribution in [0.1, 0.15) is 46.9 Å². The fourth-order valence-corrected chi connectivity index (χ4v) is 2.75. The standard InChI is InChI=1S/C22H21NO4/c1-2-3-6-15-26-21(24)17-11-4-5-12-18(17)22(25)27-19-13-7-9-16-10-8-14-23-20(16)19/h4-5,7-14H,2-3,6,15H2,1H3. The molecule has 0 fully saturated rings. The van der Waals surface area contributed by atoms with Crippen LogP contribution in [-0.2, 0) is 4.74 Å². The van der Waals surface area contributed by atoms with Gasteiger partial charge in [0.2, 0.25) is 0 Å². The number of ether oxygens (including phenoxy) is 2. The molecule has 0 N–H and O–H groups in total. The van der Waals surface area contributed by atoms with Crippen molar-refractivity contribution in [2.24, 2.45) is 0 Å². The Kier molecular flexibility index (Phi) is 6.15. The predicted molar refractivity (Wildman–Crippen MR) is 103 cm³/mol. The first-order chi connectivity index (χ1) is 13.2. The molecule has 3 aromatic rings. The molecular weight excluding hydrogens is 342 g/mol. The fourth-order valence-electron chi connectivity index (χ4n) is 2.75. The maximum absolute atomic E-state index is 12.7. The summed E-state index contributed by atoms with van der Waals surface area (Å²) >= 11 is 0. The lowest BCUT2D eigenvalue weighted by Gasteiger charge is -2.10. The number of unbranched alkanes of at least 4 members (excludes halogenated alkanes) is 2. The summed E-state index contributed by atoms with van der Waals surface area (Å²) < 4.78 is 10.8. The number of benzene rings is 2. The zero-order chi connectivity index (χ0) is 19.1. The van der Waals surface area contributed by atoms with Crippen LogP contribution in [0.5, 0.6) is 5.75 Å². The average Bonchev–Trinajstić information content (AvgIpc) is 2.71. The first-order valence-corrected chi connectivity index (χ1v) is 9.02. The largest absolute Gasteiger partial charge is 0.462 e. The number of para-hydroxylation sites is 1. The molecule has 1 aromatic heterocycles. The highest BCUT2D eigenvalue weighted by atomic mass is 16.5. The number of carbonyl (C=O) groups is 2. The molecule has 0 spiro atoms. The van der Waals surface area contributed by atoms with Crippen LogP contribution < -0.4 is 4.74 Å². The van der Waals surface area contributed by atoms with Gasteiger partial charge in [0.1, 0.15) is 5.52 Å². The van der Waals surface area contributed by atoms with Crippen molar-refractivity contribution in [3.63, 3.8) is 0 Å². The molecule has 0 atom stereocenters. The normalized spacial score (nSPS) is 10.6. The molecule has 1 heterocycles. The zero-order valence-corrected chi connectivity index (χ0v) is 15.2. The van der Waals surface area contributed by atoms with E-state index in [9.17, 15) is 9.59 Å². The van der Waals surface area contributed by atoms with Gasteiger partial charge in [-0.25, -0.2) is 9.59 Å². The van der Waals surface area contributed by atoms with Crippen LogP contribution in [-0.4, -0.2) is 23.5 Å². The van der Waals surface area contributed by atoms with Crippen LogP contribution in [0.4, 0.5) is 0 Å². The Bertz CT molecular complexity index is 946. The first kappa shape index (κ1) is 18.6. The van der Waals surface area contributed by atoms with Gasteiger partial charge in [-0.1, -0.05) is 50.1 Å². The van der Waals surface area contributed by atoms with Gasteiger partial charge in [0.05, 0.1) is 17.7 Å². The Morgan fingerprint density at radius 1 is 0.889 bits per heavy atom. The zero-order valence-electron chi connectivity index (χ0n) is 15.2. The molecule has 2 aromatic carbocycles. The van der Waals surface area contributed by atoms with Crippen LogP contribution >= 0.6 is 0 Å². The molecule has 0 aliphatic carbocycles. The van der Waals surface area contributed by atoms with E-state index in [1.807, 2.05) is 18.2 Å². The van der Waals surface area contributed by atoms with Gasteiger partial charge in [-0.2, -0.15) is 0 Å². The molecule has 0 bridgehead atoms. The predicted octanol–water partition coefficient (Wildman–Crippen LogP) is 4.80. The molecule has 0 unspecified atom stereocenters. The lowest BCUT2D eigenvalue weighted by atomic mass is 10.1. The fraction of sp³-hybridized carbons (Fsp3) is 0.227. The summed E-state index contributed by atoms with van der Waals surface area (Å²) in [5.41, 5.74) is 0.964. The SMILES string of the molecule is CCCCCOC(=O)c1ccccc1C(=O)Oc1cccc2cccnc12. The minimum Gasteiger partial charge on any atom is -0.462 e. The summed E-state index contributed by atoms with van der Waals surface area (Å²) in [6.45, 7) is 2.42. The van der Waals surface area contributed by atoms with Crippen molar-refractivity contribution in [3.8, 4) is 5.75 Å². The van der Waals surface area contributed by atoms with E-state index >= 15 is 0 Å². The maximum atomic E-state index is 12.7. The molecule has 5 nitrogen and oxygen atoms in total. The molecule has 0 aliphatic heterocycles. The molecule has 3 rings (SSSR count). The van der Waals surface area contributed by atoms with Crippen molar-refractivity contribution >= 4 is 22.8 Å². The molecule has 0 amide bonds. The third kappa shape index (κ3) is 4.50. The number of hydrogen-bond donors (Lipinski definition) is 0. The van der Waals surface area contributed by atoms with E-state index in [1.54, 1.807) is 42.6 Å². The van der Waals surface area contributed by atoms with E-state index in [0.717, 1.165) is 24.6 Å². The Balaban J connectivity index is 1.80. The van der Waals surface area contributed by atoms with Crippen LogP contribution in [0.15, 0.2) is 60.8 Å². The molecular formula is C22H21NO4. The van der Waals surface area contributed by atoms with Gasteiger partial charge >= 0.3 is 11.9 Å². The molecule has 0 saturated heterocycles. The number of pyridine rings is 1. The van der Waals surface area contributed by atoms with Crippen molar-refractivity contribution in [1.29, 1.82) is 0 Å². The number of fused-ring (bicyclic) bond motifs is 1.